The number of aryl methyl sites for hydroxylation is 1. The first-order chi connectivity index (χ1) is 8.77. The van der Waals surface area contributed by atoms with Gasteiger partial charge in [-0.15, -0.1) is 0 Å². The molecule has 19 heavy (non-hydrogen) atoms. The summed E-state index contributed by atoms with van der Waals surface area (Å²) in [5.74, 6) is 0.714. The van der Waals surface area contributed by atoms with Crippen LogP contribution in [-0.2, 0) is 16.6 Å². The topological polar surface area (TPSA) is 58.6 Å². The maximum absolute atomic E-state index is 11.6. The van der Waals surface area contributed by atoms with Crippen LogP contribution < -0.4 is 9.46 Å². The van der Waals surface area contributed by atoms with Crippen molar-refractivity contribution >= 4 is 21.8 Å². The fourth-order valence-electron chi connectivity index (χ4n) is 1.53. The largest absolute Gasteiger partial charge is 0.496 e. The zero-order valence-electron chi connectivity index (χ0n) is 11.5. The molecule has 0 aliphatic heterocycles. The number of nitrogens with zero attached hydrogens (tertiary/aromatic N) is 1. The first-order valence-electron chi connectivity index (χ1n) is 5.78. The molecule has 0 aliphatic rings. The van der Waals surface area contributed by atoms with Crippen molar-refractivity contribution in [3.05, 3.63) is 28.3 Å². The molecule has 1 aromatic rings. The Morgan fingerprint density at radius 3 is 2.53 bits per heavy atom. The maximum atomic E-state index is 11.6. The average molecular weight is 307 g/mol. The number of halogens is 1. The van der Waals surface area contributed by atoms with Gasteiger partial charge in [-0.3, -0.25) is 0 Å². The SMILES string of the molecule is COc1cc(C)c(Cl)cc1CCNS(=O)(=O)N(C)C. The van der Waals surface area contributed by atoms with Crippen LogP contribution in [0.1, 0.15) is 11.1 Å². The van der Waals surface area contributed by atoms with E-state index >= 15 is 0 Å². The Morgan fingerprint density at radius 1 is 1.37 bits per heavy atom. The van der Waals surface area contributed by atoms with E-state index < -0.39 is 10.2 Å². The van der Waals surface area contributed by atoms with Crippen LogP contribution in [0.5, 0.6) is 5.75 Å². The summed E-state index contributed by atoms with van der Waals surface area (Å²) in [5, 5.41) is 0.645. The van der Waals surface area contributed by atoms with Gasteiger partial charge in [-0.1, -0.05) is 11.6 Å². The first kappa shape index (κ1) is 16.2. The molecule has 108 valence electrons. The molecule has 0 amide bonds. The molecule has 0 heterocycles. The molecular formula is C12H19ClN2O3S. The molecule has 0 aromatic heterocycles. The van der Waals surface area contributed by atoms with Crippen LogP contribution in [0.2, 0.25) is 5.02 Å². The Labute approximate surface area is 119 Å². The van der Waals surface area contributed by atoms with Gasteiger partial charge in [-0.2, -0.15) is 12.7 Å². The fourth-order valence-corrected chi connectivity index (χ4v) is 2.33. The van der Waals surface area contributed by atoms with Crippen LogP contribution >= 0.6 is 11.6 Å². The van der Waals surface area contributed by atoms with E-state index in [0.717, 1.165) is 15.4 Å². The fraction of sp³-hybridized carbons (Fsp3) is 0.500. The van der Waals surface area contributed by atoms with E-state index in [1.807, 2.05) is 13.0 Å². The maximum Gasteiger partial charge on any atom is 0.278 e. The molecule has 0 saturated heterocycles. The second-order valence-corrected chi connectivity index (χ2v) is 6.72. The average Bonchev–Trinajstić information content (AvgIpc) is 2.32. The number of ether oxygens (including phenoxy) is 1. The highest BCUT2D eigenvalue weighted by molar-refractivity contribution is 7.87. The molecule has 0 unspecified atom stereocenters. The van der Waals surface area contributed by atoms with E-state index in [9.17, 15) is 8.42 Å². The normalized spacial score (nSPS) is 11.9. The minimum Gasteiger partial charge on any atom is -0.496 e. The van der Waals surface area contributed by atoms with Gasteiger partial charge in [-0.25, -0.2) is 4.72 Å². The lowest BCUT2D eigenvalue weighted by Gasteiger charge is -2.14. The third-order valence-corrected chi connectivity index (χ3v) is 4.66. The van der Waals surface area contributed by atoms with Gasteiger partial charge in [0.25, 0.3) is 10.2 Å². The van der Waals surface area contributed by atoms with Crippen molar-refractivity contribution in [1.82, 2.24) is 9.03 Å². The Morgan fingerprint density at radius 2 is 2.00 bits per heavy atom. The van der Waals surface area contributed by atoms with Crippen LogP contribution in [0.15, 0.2) is 12.1 Å². The summed E-state index contributed by atoms with van der Waals surface area (Å²) in [4.78, 5) is 0. The Kier molecular flexibility index (Phi) is 5.61. The second kappa shape index (κ2) is 6.56. The molecule has 0 saturated carbocycles. The summed E-state index contributed by atoms with van der Waals surface area (Å²) < 4.78 is 32.0. The summed E-state index contributed by atoms with van der Waals surface area (Å²) in [6.07, 6.45) is 0.510. The Balaban J connectivity index is 2.76. The van der Waals surface area contributed by atoms with Crippen molar-refractivity contribution < 1.29 is 13.2 Å². The molecule has 0 bridgehead atoms. The molecule has 0 aliphatic carbocycles. The van der Waals surface area contributed by atoms with Crippen LogP contribution in [0.3, 0.4) is 0 Å². The first-order valence-corrected chi connectivity index (χ1v) is 7.60. The Hall–Kier alpha value is -0.820. The molecule has 0 fully saturated rings. The highest BCUT2D eigenvalue weighted by Gasteiger charge is 2.13. The number of benzene rings is 1. The zero-order chi connectivity index (χ0) is 14.6. The lowest BCUT2D eigenvalue weighted by Crippen LogP contribution is -2.36. The van der Waals surface area contributed by atoms with Gasteiger partial charge in [0.1, 0.15) is 5.75 Å². The minimum absolute atomic E-state index is 0.288. The summed E-state index contributed by atoms with van der Waals surface area (Å²) >= 11 is 6.06. The van der Waals surface area contributed by atoms with Crippen molar-refractivity contribution in [3.8, 4) is 5.75 Å². The summed E-state index contributed by atoms with van der Waals surface area (Å²) in [5.41, 5.74) is 1.80. The van der Waals surface area contributed by atoms with E-state index in [-0.39, 0.29) is 6.54 Å². The highest BCUT2D eigenvalue weighted by Crippen LogP contribution is 2.26. The van der Waals surface area contributed by atoms with Crippen molar-refractivity contribution in [1.29, 1.82) is 0 Å². The van der Waals surface area contributed by atoms with E-state index in [0.29, 0.717) is 17.2 Å². The van der Waals surface area contributed by atoms with Gasteiger partial charge in [-0.05, 0) is 36.6 Å². The van der Waals surface area contributed by atoms with Crippen LogP contribution in [0, 0.1) is 6.92 Å². The van der Waals surface area contributed by atoms with Gasteiger partial charge in [0, 0.05) is 25.7 Å². The van der Waals surface area contributed by atoms with Crippen molar-refractivity contribution in [3.63, 3.8) is 0 Å². The molecule has 0 radical (unpaired) electrons. The van der Waals surface area contributed by atoms with Crippen LogP contribution in [-0.4, -0.2) is 40.5 Å². The number of hydrogen-bond donors (Lipinski definition) is 1. The van der Waals surface area contributed by atoms with Gasteiger partial charge in [0.15, 0.2) is 0 Å². The molecule has 0 spiro atoms. The van der Waals surface area contributed by atoms with Crippen molar-refractivity contribution in [2.24, 2.45) is 0 Å². The number of rotatable bonds is 6. The number of hydrogen-bond acceptors (Lipinski definition) is 3. The molecule has 1 aromatic carbocycles. The molecule has 1 N–H and O–H groups in total. The second-order valence-electron chi connectivity index (χ2n) is 4.35. The lowest BCUT2D eigenvalue weighted by atomic mass is 10.1. The van der Waals surface area contributed by atoms with Crippen molar-refractivity contribution in [2.45, 2.75) is 13.3 Å². The molecule has 5 nitrogen and oxygen atoms in total. The van der Waals surface area contributed by atoms with E-state index in [4.69, 9.17) is 16.3 Å². The molecule has 1 rings (SSSR count). The quantitative estimate of drug-likeness (QED) is 0.868. The third kappa shape index (κ3) is 4.35. The number of nitrogens with one attached hydrogen (secondary N) is 1. The molecule has 7 heteroatoms. The van der Waals surface area contributed by atoms with Crippen LogP contribution in [0.25, 0.3) is 0 Å². The standard InChI is InChI=1S/C12H19ClN2O3S/c1-9-7-12(18-4)10(8-11(9)13)5-6-14-19(16,17)15(2)3/h7-8,14H,5-6H2,1-4H3. The van der Waals surface area contributed by atoms with Gasteiger partial charge in [0.05, 0.1) is 7.11 Å². The van der Waals surface area contributed by atoms with E-state index in [1.54, 1.807) is 13.2 Å². The van der Waals surface area contributed by atoms with Gasteiger partial charge in [0.2, 0.25) is 0 Å². The zero-order valence-corrected chi connectivity index (χ0v) is 13.1. The van der Waals surface area contributed by atoms with E-state index in [2.05, 4.69) is 4.72 Å². The Bertz CT molecular complexity index is 544. The van der Waals surface area contributed by atoms with Crippen molar-refractivity contribution in [2.75, 3.05) is 27.7 Å². The third-order valence-electron chi connectivity index (χ3n) is 2.72. The van der Waals surface area contributed by atoms with E-state index in [1.165, 1.54) is 14.1 Å². The lowest BCUT2D eigenvalue weighted by molar-refractivity contribution is 0.409. The molecular weight excluding hydrogens is 288 g/mol. The smallest absolute Gasteiger partial charge is 0.278 e. The highest BCUT2D eigenvalue weighted by atomic mass is 35.5. The summed E-state index contributed by atoms with van der Waals surface area (Å²) in [7, 11) is 1.14. The van der Waals surface area contributed by atoms with Crippen LogP contribution in [0.4, 0.5) is 0 Å². The summed E-state index contributed by atoms with van der Waals surface area (Å²) in [6.45, 7) is 2.18. The predicted molar refractivity (Wildman–Crippen MR) is 77.1 cm³/mol. The predicted octanol–water partition coefficient (Wildman–Crippen LogP) is 1.60. The summed E-state index contributed by atoms with van der Waals surface area (Å²) in [6, 6.07) is 3.65. The minimum atomic E-state index is -3.40. The van der Waals surface area contributed by atoms with Gasteiger partial charge < -0.3 is 4.74 Å². The number of methoxy groups -OCH3 is 1. The monoisotopic (exact) mass is 306 g/mol. The molecule has 0 atom stereocenters. The van der Waals surface area contributed by atoms with Gasteiger partial charge >= 0.3 is 0 Å².